The fraction of sp³-hybridized carbons (Fsp3) is 0.538. The summed E-state index contributed by atoms with van der Waals surface area (Å²) in [6.07, 6.45) is 7.32. The van der Waals surface area contributed by atoms with Crippen LogP contribution in [0.2, 0.25) is 0 Å². The molecule has 0 aromatic carbocycles. The number of ketones is 1. The molecule has 2 nitrogen and oxygen atoms in total. The number of allylic oxidation sites excluding steroid dienone is 4. The second-order valence-corrected chi connectivity index (χ2v) is 4.46. The minimum absolute atomic E-state index is 0.215. The number of nitrogens with zero attached hydrogens (tertiary/aromatic N) is 1. The van der Waals surface area contributed by atoms with Crippen LogP contribution >= 0.6 is 0 Å². The summed E-state index contributed by atoms with van der Waals surface area (Å²) in [4.78, 5) is 16.4. The summed E-state index contributed by atoms with van der Waals surface area (Å²) >= 11 is 0. The van der Waals surface area contributed by atoms with Gasteiger partial charge in [-0.15, -0.1) is 0 Å². The molecule has 0 saturated carbocycles. The van der Waals surface area contributed by atoms with Crippen molar-refractivity contribution in [1.82, 2.24) is 0 Å². The number of Topliss-reactive ketones (excluding diaryl/α,β-unsaturated/α-hetero) is 1. The highest BCUT2D eigenvalue weighted by Gasteiger charge is 2.34. The second-order valence-electron chi connectivity index (χ2n) is 4.46. The normalized spacial score (nSPS) is 22.0. The topological polar surface area (TPSA) is 29.4 Å². The van der Waals surface area contributed by atoms with Gasteiger partial charge in [-0.1, -0.05) is 26.0 Å². The Labute approximate surface area is 91.8 Å². The Balaban J connectivity index is 3.19. The van der Waals surface area contributed by atoms with Gasteiger partial charge >= 0.3 is 0 Å². The van der Waals surface area contributed by atoms with Crippen LogP contribution in [0.4, 0.5) is 0 Å². The van der Waals surface area contributed by atoms with E-state index in [0.29, 0.717) is 0 Å². The van der Waals surface area contributed by atoms with Crippen molar-refractivity contribution in [2.75, 3.05) is 0 Å². The van der Waals surface area contributed by atoms with Gasteiger partial charge in [-0.3, -0.25) is 9.79 Å². The van der Waals surface area contributed by atoms with Gasteiger partial charge in [0.05, 0.1) is 5.70 Å². The standard InChI is InChI=1S/C13H19NO/c1-5-7-10-11(14-6-2)8-9-13(3,4)12(10)15/h5-7H,8-9H2,1-4H3/b7-5+,14-6-. The third kappa shape index (κ3) is 2.44. The molecule has 0 unspecified atom stereocenters. The van der Waals surface area contributed by atoms with Crippen LogP contribution in [0.5, 0.6) is 0 Å². The van der Waals surface area contributed by atoms with Crippen molar-refractivity contribution >= 4 is 12.0 Å². The van der Waals surface area contributed by atoms with E-state index in [-0.39, 0.29) is 11.2 Å². The number of carbonyl (C=O) groups is 1. The van der Waals surface area contributed by atoms with Crippen molar-refractivity contribution in [2.24, 2.45) is 10.4 Å². The molecule has 0 atom stereocenters. The number of hydrogen-bond donors (Lipinski definition) is 0. The lowest BCUT2D eigenvalue weighted by molar-refractivity contribution is -0.123. The van der Waals surface area contributed by atoms with Crippen LogP contribution in [0, 0.1) is 5.41 Å². The van der Waals surface area contributed by atoms with Gasteiger partial charge in [0.1, 0.15) is 0 Å². The first-order valence-corrected chi connectivity index (χ1v) is 5.42. The van der Waals surface area contributed by atoms with Crippen molar-refractivity contribution < 1.29 is 4.79 Å². The van der Waals surface area contributed by atoms with E-state index in [0.717, 1.165) is 24.1 Å². The van der Waals surface area contributed by atoms with Gasteiger partial charge in [0.15, 0.2) is 5.78 Å². The van der Waals surface area contributed by atoms with Crippen molar-refractivity contribution in [3.63, 3.8) is 0 Å². The summed E-state index contributed by atoms with van der Waals surface area (Å²) in [7, 11) is 0. The second kappa shape index (κ2) is 4.56. The van der Waals surface area contributed by atoms with E-state index in [1.807, 2.05) is 39.8 Å². The Morgan fingerprint density at radius 3 is 2.53 bits per heavy atom. The monoisotopic (exact) mass is 205 g/mol. The summed E-state index contributed by atoms with van der Waals surface area (Å²) in [5, 5.41) is 0. The molecule has 0 aromatic heterocycles. The minimum atomic E-state index is -0.235. The Kier molecular flexibility index (Phi) is 3.61. The SMILES string of the molecule is C/C=N\C1=C(/C=C/C)C(=O)C(C)(C)CC1. The first-order chi connectivity index (χ1) is 7.03. The number of hydrogen-bond acceptors (Lipinski definition) is 2. The van der Waals surface area contributed by atoms with Gasteiger partial charge < -0.3 is 0 Å². The van der Waals surface area contributed by atoms with Gasteiger partial charge in [0, 0.05) is 17.2 Å². The lowest BCUT2D eigenvalue weighted by Crippen LogP contribution is -2.29. The predicted molar refractivity (Wildman–Crippen MR) is 64.0 cm³/mol. The van der Waals surface area contributed by atoms with E-state index in [2.05, 4.69) is 4.99 Å². The Bertz CT molecular complexity index is 346. The molecule has 1 aliphatic rings. The summed E-state index contributed by atoms with van der Waals surface area (Å²) in [6, 6.07) is 0. The van der Waals surface area contributed by atoms with Gasteiger partial charge in [-0.05, 0) is 26.7 Å². The molecule has 1 aliphatic carbocycles. The highest BCUT2D eigenvalue weighted by Crippen LogP contribution is 2.36. The van der Waals surface area contributed by atoms with E-state index in [1.54, 1.807) is 6.21 Å². The van der Waals surface area contributed by atoms with E-state index in [1.165, 1.54) is 0 Å². The summed E-state index contributed by atoms with van der Waals surface area (Å²) in [5.74, 6) is 0.215. The zero-order chi connectivity index (χ0) is 11.5. The zero-order valence-corrected chi connectivity index (χ0v) is 10.0. The molecule has 0 amide bonds. The first kappa shape index (κ1) is 11.9. The molecule has 0 fully saturated rings. The van der Waals surface area contributed by atoms with Crippen LogP contribution in [0.3, 0.4) is 0 Å². The van der Waals surface area contributed by atoms with Gasteiger partial charge in [-0.25, -0.2) is 0 Å². The van der Waals surface area contributed by atoms with Crippen molar-refractivity contribution in [3.05, 3.63) is 23.4 Å². The molecule has 0 bridgehead atoms. The average Bonchev–Trinajstić information content (AvgIpc) is 2.18. The number of rotatable bonds is 2. The number of carbonyl (C=O) groups excluding carboxylic acids is 1. The van der Waals surface area contributed by atoms with Gasteiger partial charge in [-0.2, -0.15) is 0 Å². The lowest BCUT2D eigenvalue weighted by atomic mass is 9.75. The summed E-state index contributed by atoms with van der Waals surface area (Å²) < 4.78 is 0. The fourth-order valence-corrected chi connectivity index (χ4v) is 1.80. The first-order valence-electron chi connectivity index (χ1n) is 5.42. The summed E-state index contributed by atoms with van der Waals surface area (Å²) in [5.41, 5.74) is 1.48. The van der Waals surface area contributed by atoms with Crippen LogP contribution in [0.15, 0.2) is 28.4 Å². The fourth-order valence-electron chi connectivity index (χ4n) is 1.80. The van der Waals surface area contributed by atoms with Crippen LogP contribution in [0.1, 0.15) is 40.5 Å². The molecule has 2 heteroatoms. The van der Waals surface area contributed by atoms with Gasteiger partial charge in [0.2, 0.25) is 0 Å². The van der Waals surface area contributed by atoms with Crippen LogP contribution < -0.4 is 0 Å². The third-order valence-electron chi connectivity index (χ3n) is 2.78. The largest absolute Gasteiger partial charge is 0.294 e. The maximum atomic E-state index is 12.1. The minimum Gasteiger partial charge on any atom is -0.294 e. The smallest absolute Gasteiger partial charge is 0.170 e. The molecule has 0 saturated heterocycles. The van der Waals surface area contributed by atoms with Crippen LogP contribution in [-0.2, 0) is 4.79 Å². The molecule has 1 rings (SSSR count). The Morgan fingerprint density at radius 1 is 1.33 bits per heavy atom. The maximum Gasteiger partial charge on any atom is 0.170 e. The third-order valence-corrected chi connectivity index (χ3v) is 2.78. The zero-order valence-electron chi connectivity index (χ0n) is 10.0. The highest BCUT2D eigenvalue weighted by molar-refractivity contribution is 6.03. The van der Waals surface area contributed by atoms with Crippen LogP contribution in [0.25, 0.3) is 0 Å². The molecular formula is C13H19NO. The molecule has 15 heavy (non-hydrogen) atoms. The summed E-state index contributed by atoms with van der Waals surface area (Å²) in [6.45, 7) is 7.82. The van der Waals surface area contributed by atoms with Crippen molar-refractivity contribution in [1.29, 1.82) is 0 Å². The van der Waals surface area contributed by atoms with Crippen molar-refractivity contribution in [3.8, 4) is 0 Å². The molecule has 0 N–H and O–H groups in total. The van der Waals surface area contributed by atoms with E-state index >= 15 is 0 Å². The molecule has 0 aliphatic heterocycles. The Hall–Kier alpha value is -1.18. The highest BCUT2D eigenvalue weighted by atomic mass is 16.1. The van der Waals surface area contributed by atoms with E-state index in [9.17, 15) is 4.79 Å². The molecule has 0 spiro atoms. The average molecular weight is 205 g/mol. The van der Waals surface area contributed by atoms with Gasteiger partial charge in [0.25, 0.3) is 0 Å². The molecular weight excluding hydrogens is 186 g/mol. The molecule has 0 aromatic rings. The molecule has 0 heterocycles. The number of aliphatic imine (C=N–C) groups is 1. The van der Waals surface area contributed by atoms with E-state index in [4.69, 9.17) is 0 Å². The van der Waals surface area contributed by atoms with E-state index < -0.39 is 0 Å². The lowest BCUT2D eigenvalue weighted by Gasteiger charge is -2.29. The van der Waals surface area contributed by atoms with Crippen molar-refractivity contribution in [2.45, 2.75) is 40.5 Å². The predicted octanol–water partition coefficient (Wildman–Crippen LogP) is 3.30. The molecule has 82 valence electrons. The molecule has 0 radical (unpaired) electrons. The van der Waals surface area contributed by atoms with Crippen LogP contribution in [-0.4, -0.2) is 12.0 Å². The Morgan fingerprint density at radius 2 is 2.00 bits per heavy atom. The quantitative estimate of drug-likeness (QED) is 0.636. The maximum absolute atomic E-state index is 12.1.